The molecule has 4 nitrogen and oxygen atoms in total. The summed E-state index contributed by atoms with van der Waals surface area (Å²) in [6, 6.07) is 14.3. The summed E-state index contributed by atoms with van der Waals surface area (Å²) in [6.07, 6.45) is 0.896. The van der Waals surface area contributed by atoms with Crippen LogP contribution in [0.2, 0.25) is 0 Å². The summed E-state index contributed by atoms with van der Waals surface area (Å²) in [7, 11) is 2.07. The second-order valence-electron chi connectivity index (χ2n) is 5.78. The lowest BCUT2D eigenvalue weighted by molar-refractivity contribution is 0.0956. The number of amides is 1. The van der Waals surface area contributed by atoms with Gasteiger partial charge in [-0.2, -0.15) is 0 Å². The van der Waals surface area contributed by atoms with Crippen LogP contribution in [0.15, 0.2) is 47.8 Å². The van der Waals surface area contributed by atoms with Gasteiger partial charge in [-0.1, -0.05) is 24.3 Å². The van der Waals surface area contributed by atoms with Gasteiger partial charge in [0.25, 0.3) is 5.91 Å². The molecular formula is C19H21N3OS2. The van der Waals surface area contributed by atoms with E-state index in [9.17, 15) is 4.79 Å². The Morgan fingerprint density at radius 3 is 2.72 bits per heavy atom. The van der Waals surface area contributed by atoms with Gasteiger partial charge in [0.1, 0.15) is 9.88 Å². The van der Waals surface area contributed by atoms with Crippen molar-refractivity contribution in [2.75, 3.05) is 25.0 Å². The second kappa shape index (κ2) is 8.27. The molecule has 0 bridgehead atoms. The number of nitrogens with zero attached hydrogens (tertiary/aromatic N) is 2. The van der Waals surface area contributed by atoms with Gasteiger partial charge in [-0.25, -0.2) is 4.98 Å². The Morgan fingerprint density at radius 2 is 2.00 bits per heavy atom. The first kappa shape index (κ1) is 17.6. The zero-order valence-corrected chi connectivity index (χ0v) is 16.0. The minimum atomic E-state index is -0.0276. The molecule has 3 rings (SSSR count). The van der Waals surface area contributed by atoms with Crippen molar-refractivity contribution in [3.63, 3.8) is 0 Å². The topological polar surface area (TPSA) is 45.2 Å². The number of aryl methyl sites for hydroxylation is 1. The molecule has 0 aliphatic rings. The Labute approximate surface area is 156 Å². The molecule has 3 aromatic rings. The summed E-state index contributed by atoms with van der Waals surface area (Å²) in [5, 5.41) is 5.95. The molecule has 0 unspecified atom stereocenters. The summed E-state index contributed by atoms with van der Waals surface area (Å²) in [6.45, 7) is 3.44. The third-order valence-corrected chi connectivity index (χ3v) is 6.08. The Balaban J connectivity index is 1.50. The molecule has 0 fully saturated rings. The molecular weight excluding hydrogens is 350 g/mol. The van der Waals surface area contributed by atoms with Gasteiger partial charge in [0.05, 0.1) is 10.6 Å². The van der Waals surface area contributed by atoms with Crippen LogP contribution in [0.5, 0.6) is 0 Å². The minimum absolute atomic E-state index is 0.0276. The van der Waals surface area contributed by atoms with Crippen molar-refractivity contribution in [3.05, 3.63) is 58.4 Å². The van der Waals surface area contributed by atoms with Gasteiger partial charge in [0.2, 0.25) is 0 Å². The molecule has 0 saturated heterocycles. The van der Waals surface area contributed by atoms with Crippen molar-refractivity contribution in [1.82, 2.24) is 10.3 Å². The number of aromatic nitrogens is 1. The largest absolute Gasteiger partial charge is 0.375 e. The highest BCUT2D eigenvalue weighted by Gasteiger charge is 2.16. The maximum atomic E-state index is 12.4. The molecule has 2 heterocycles. The fourth-order valence-corrected chi connectivity index (χ4v) is 4.30. The summed E-state index contributed by atoms with van der Waals surface area (Å²) in [4.78, 5) is 21.0. The first-order valence-corrected chi connectivity index (χ1v) is 9.90. The van der Waals surface area contributed by atoms with Crippen LogP contribution in [0.3, 0.4) is 0 Å². The summed E-state index contributed by atoms with van der Waals surface area (Å²) >= 11 is 3.11. The van der Waals surface area contributed by atoms with Gasteiger partial charge in [-0.3, -0.25) is 4.79 Å². The molecule has 0 aliphatic carbocycles. The molecule has 0 spiro atoms. The highest BCUT2D eigenvalue weighted by atomic mass is 32.1. The number of rotatable bonds is 7. The van der Waals surface area contributed by atoms with Crippen LogP contribution >= 0.6 is 22.7 Å². The van der Waals surface area contributed by atoms with Crippen LogP contribution in [0, 0.1) is 6.92 Å². The van der Waals surface area contributed by atoms with Gasteiger partial charge in [0.15, 0.2) is 0 Å². The number of anilines is 1. The Bertz CT molecular complexity index is 813. The number of hydrogen-bond donors (Lipinski definition) is 1. The lowest BCUT2D eigenvalue weighted by Crippen LogP contribution is -2.28. The van der Waals surface area contributed by atoms with E-state index in [1.165, 1.54) is 17.0 Å². The van der Waals surface area contributed by atoms with E-state index in [-0.39, 0.29) is 5.91 Å². The van der Waals surface area contributed by atoms with E-state index in [0.717, 1.165) is 28.5 Å². The molecule has 2 aromatic heterocycles. The molecule has 0 aliphatic heterocycles. The van der Waals surface area contributed by atoms with Crippen molar-refractivity contribution >= 4 is 34.3 Å². The summed E-state index contributed by atoms with van der Waals surface area (Å²) < 4.78 is 0. The smallest absolute Gasteiger partial charge is 0.263 e. The number of hydrogen-bond acceptors (Lipinski definition) is 5. The predicted octanol–water partition coefficient (Wildman–Crippen LogP) is 4.44. The zero-order valence-electron chi connectivity index (χ0n) is 14.4. The number of carbonyl (C=O) groups is 1. The fourth-order valence-electron chi connectivity index (χ4n) is 2.52. The lowest BCUT2D eigenvalue weighted by Gasteiger charge is -2.19. The number of para-hydroxylation sites is 1. The van der Waals surface area contributed by atoms with Crippen molar-refractivity contribution in [2.45, 2.75) is 13.3 Å². The van der Waals surface area contributed by atoms with Crippen LogP contribution in [-0.4, -0.2) is 31.0 Å². The minimum Gasteiger partial charge on any atom is -0.375 e. The van der Waals surface area contributed by atoms with Crippen molar-refractivity contribution in [3.8, 4) is 9.88 Å². The first-order valence-electron chi connectivity index (χ1n) is 8.21. The van der Waals surface area contributed by atoms with Crippen molar-refractivity contribution in [1.29, 1.82) is 0 Å². The van der Waals surface area contributed by atoms with Gasteiger partial charge in [-0.05, 0) is 36.9 Å². The third-order valence-electron chi connectivity index (χ3n) is 3.89. The van der Waals surface area contributed by atoms with Crippen LogP contribution in [0.4, 0.5) is 5.69 Å². The van der Waals surface area contributed by atoms with E-state index in [2.05, 4.69) is 34.4 Å². The van der Waals surface area contributed by atoms with E-state index in [0.29, 0.717) is 11.4 Å². The van der Waals surface area contributed by atoms with Gasteiger partial charge >= 0.3 is 0 Å². The van der Waals surface area contributed by atoms with Crippen LogP contribution < -0.4 is 10.2 Å². The van der Waals surface area contributed by atoms with E-state index < -0.39 is 0 Å². The average Bonchev–Trinajstić information content (AvgIpc) is 3.28. The maximum Gasteiger partial charge on any atom is 0.263 e. The highest BCUT2D eigenvalue weighted by Crippen LogP contribution is 2.30. The molecule has 0 saturated carbocycles. The third kappa shape index (κ3) is 4.46. The van der Waals surface area contributed by atoms with Gasteiger partial charge in [0, 0.05) is 25.8 Å². The lowest BCUT2D eigenvalue weighted by atomic mass is 10.3. The molecule has 0 atom stereocenters. The number of benzene rings is 1. The van der Waals surface area contributed by atoms with E-state index in [1.807, 2.05) is 42.6 Å². The van der Waals surface area contributed by atoms with E-state index in [4.69, 9.17) is 0 Å². The highest BCUT2D eigenvalue weighted by molar-refractivity contribution is 7.22. The van der Waals surface area contributed by atoms with Crippen LogP contribution in [0.25, 0.3) is 9.88 Å². The molecule has 1 aromatic carbocycles. The molecule has 25 heavy (non-hydrogen) atoms. The molecule has 0 radical (unpaired) electrons. The Hall–Kier alpha value is -2.18. The van der Waals surface area contributed by atoms with Crippen LogP contribution in [0.1, 0.15) is 21.8 Å². The van der Waals surface area contributed by atoms with Crippen LogP contribution in [-0.2, 0) is 0 Å². The normalized spacial score (nSPS) is 10.6. The molecule has 130 valence electrons. The van der Waals surface area contributed by atoms with Crippen molar-refractivity contribution < 1.29 is 4.79 Å². The SMILES string of the molecule is Cc1nc(-c2cccs2)sc1C(=O)NCCCN(C)c1ccccc1. The standard InChI is InChI=1S/C19H21N3OS2/c1-14-17(25-19(21-14)16-10-6-13-24-16)18(23)20-11-7-12-22(2)15-8-4-3-5-9-15/h3-6,8-10,13H,7,11-12H2,1-2H3,(H,20,23). The molecule has 1 amide bonds. The fraction of sp³-hybridized carbons (Fsp3) is 0.263. The predicted molar refractivity (Wildman–Crippen MR) is 107 cm³/mol. The first-order chi connectivity index (χ1) is 12.1. The number of thiazole rings is 1. The average molecular weight is 372 g/mol. The van der Waals surface area contributed by atoms with Crippen molar-refractivity contribution in [2.24, 2.45) is 0 Å². The Morgan fingerprint density at radius 1 is 1.20 bits per heavy atom. The second-order valence-corrected chi connectivity index (χ2v) is 7.72. The van der Waals surface area contributed by atoms with E-state index >= 15 is 0 Å². The number of thiophene rings is 1. The molecule has 1 N–H and O–H groups in total. The Kier molecular flexibility index (Phi) is 5.83. The number of carbonyl (C=O) groups excluding carboxylic acids is 1. The quantitative estimate of drug-likeness (QED) is 0.625. The number of nitrogens with one attached hydrogen (secondary N) is 1. The summed E-state index contributed by atoms with van der Waals surface area (Å²) in [5.41, 5.74) is 1.99. The molecule has 6 heteroatoms. The van der Waals surface area contributed by atoms with Gasteiger partial charge < -0.3 is 10.2 Å². The monoisotopic (exact) mass is 371 g/mol. The maximum absolute atomic E-state index is 12.4. The summed E-state index contributed by atoms with van der Waals surface area (Å²) in [5.74, 6) is -0.0276. The van der Waals surface area contributed by atoms with E-state index in [1.54, 1.807) is 11.3 Å². The zero-order chi connectivity index (χ0) is 17.6. The van der Waals surface area contributed by atoms with Gasteiger partial charge in [-0.15, -0.1) is 22.7 Å².